The number of hydrogen-bond acceptors (Lipinski definition) is 1. The molecule has 0 amide bonds. The Labute approximate surface area is 114 Å². The molecule has 1 nitrogen and oxygen atoms in total. The molecule has 0 heterocycles. The minimum absolute atomic E-state index is 0. The minimum atomic E-state index is 0. The van der Waals surface area contributed by atoms with Crippen LogP contribution in [0.25, 0.3) is 0 Å². The summed E-state index contributed by atoms with van der Waals surface area (Å²) in [6, 6.07) is 20.3. The zero-order valence-electron chi connectivity index (χ0n) is 9.81. The summed E-state index contributed by atoms with van der Waals surface area (Å²) in [6.07, 6.45) is 0. The quantitative estimate of drug-likeness (QED) is 0.386. The van der Waals surface area contributed by atoms with Gasteiger partial charge in [-0.3, -0.25) is 0 Å². The van der Waals surface area contributed by atoms with Gasteiger partial charge in [0.2, 0.25) is 0 Å². The SMILES string of the molecule is C(#Cc1ccccc1)COc1[c-]cccc1.[Li+]. The maximum Gasteiger partial charge on any atom is 1.00 e. The van der Waals surface area contributed by atoms with Gasteiger partial charge in [-0.25, -0.2) is 0 Å². The van der Waals surface area contributed by atoms with Gasteiger partial charge < -0.3 is 4.74 Å². The molecule has 2 aromatic rings. The second-order valence-electron chi connectivity index (χ2n) is 3.18. The fraction of sp³-hybridized carbons (Fsp3) is 0.0667. The van der Waals surface area contributed by atoms with Crippen LogP contribution < -0.4 is 23.6 Å². The molecule has 0 radical (unpaired) electrons. The van der Waals surface area contributed by atoms with Gasteiger partial charge in [-0.1, -0.05) is 30.0 Å². The van der Waals surface area contributed by atoms with Crippen molar-refractivity contribution in [1.29, 1.82) is 0 Å². The van der Waals surface area contributed by atoms with Gasteiger partial charge in [0.15, 0.2) is 0 Å². The standard InChI is InChI=1S/C15H11O.Li/c1-3-8-14(9-4-1)10-7-13-16-15-11-5-2-6-12-15;/h1-6,8-9,11H,13H2;/q-1;+1. The first-order valence-electron chi connectivity index (χ1n) is 5.08. The smallest absolute Gasteiger partial charge is 0.507 e. The predicted octanol–water partition coefficient (Wildman–Crippen LogP) is -0.0787. The first kappa shape index (κ1) is 13.5. The summed E-state index contributed by atoms with van der Waals surface area (Å²) < 4.78 is 5.40. The van der Waals surface area contributed by atoms with E-state index in [2.05, 4.69) is 17.9 Å². The van der Waals surface area contributed by atoms with E-state index in [1.54, 1.807) is 0 Å². The van der Waals surface area contributed by atoms with E-state index >= 15 is 0 Å². The largest absolute Gasteiger partial charge is 1.00 e. The summed E-state index contributed by atoms with van der Waals surface area (Å²) in [5.74, 6) is 6.71. The van der Waals surface area contributed by atoms with E-state index in [0.29, 0.717) is 6.61 Å². The van der Waals surface area contributed by atoms with Gasteiger partial charge in [-0.15, -0.1) is 12.1 Å². The Bertz CT molecular complexity index is 483. The first-order chi connectivity index (χ1) is 7.95. The molecule has 0 bridgehead atoms. The molecular formula is C15H11LiO. The van der Waals surface area contributed by atoms with Crippen LogP contribution in [0.3, 0.4) is 0 Å². The van der Waals surface area contributed by atoms with Gasteiger partial charge in [-0.05, 0) is 12.1 Å². The van der Waals surface area contributed by atoms with E-state index in [4.69, 9.17) is 4.74 Å². The normalized spacial score (nSPS) is 8.47. The van der Waals surface area contributed by atoms with Crippen LogP contribution >= 0.6 is 0 Å². The van der Waals surface area contributed by atoms with Crippen LogP contribution in [0.4, 0.5) is 0 Å². The summed E-state index contributed by atoms with van der Waals surface area (Å²) in [5, 5.41) is 0. The van der Waals surface area contributed by atoms with E-state index in [1.165, 1.54) is 0 Å². The molecule has 2 rings (SSSR count). The number of rotatable bonds is 2. The monoisotopic (exact) mass is 214 g/mol. The average molecular weight is 214 g/mol. The van der Waals surface area contributed by atoms with Crippen molar-refractivity contribution in [1.82, 2.24) is 0 Å². The first-order valence-corrected chi connectivity index (χ1v) is 5.08. The third-order valence-electron chi connectivity index (χ3n) is 1.99. The maximum atomic E-state index is 5.40. The fourth-order valence-corrected chi connectivity index (χ4v) is 1.24. The molecule has 0 atom stereocenters. The fourth-order valence-electron chi connectivity index (χ4n) is 1.24. The Morgan fingerprint density at radius 1 is 1.00 bits per heavy atom. The van der Waals surface area contributed by atoms with Crippen molar-refractivity contribution in [3.63, 3.8) is 0 Å². The van der Waals surface area contributed by atoms with Gasteiger partial charge in [0.25, 0.3) is 0 Å². The van der Waals surface area contributed by atoms with E-state index in [0.717, 1.165) is 11.3 Å². The summed E-state index contributed by atoms with van der Waals surface area (Å²) >= 11 is 0. The van der Waals surface area contributed by atoms with Crippen LogP contribution in [0.2, 0.25) is 0 Å². The number of para-hydroxylation sites is 1. The van der Waals surface area contributed by atoms with Crippen molar-refractivity contribution >= 4 is 0 Å². The summed E-state index contributed by atoms with van der Waals surface area (Å²) in [7, 11) is 0. The number of ether oxygens (including phenoxy) is 1. The molecule has 0 aliphatic carbocycles. The Balaban J connectivity index is 0.00000144. The molecule has 0 N–H and O–H groups in total. The van der Waals surface area contributed by atoms with E-state index in [-0.39, 0.29) is 18.9 Å². The van der Waals surface area contributed by atoms with Crippen LogP contribution in [0.1, 0.15) is 5.56 Å². The average Bonchev–Trinajstić information content (AvgIpc) is 2.37. The van der Waals surface area contributed by atoms with Crippen LogP contribution in [-0.2, 0) is 0 Å². The predicted molar refractivity (Wildman–Crippen MR) is 64.1 cm³/mol. The molecule has 2 heteroatoms. The molecule has 0 aromatic heterocycles. The number of benzene rings is 2. The van der Waals surface area contributed by atoms with Crippen molar-refractivity contribution in [3.8, 4) is 17.6 Å². The maximum absolute atomic E-state index is 5.40. The zero-order chi connectivity index (χ0) is 11.1. The van der Waals surface area contributed by atoms with Crippen LogP contribution in [-0.4, -0.2) is 6.61 Å². The molecular weight excluding hydrogens is 203 g/mol. The van der Waals surface area contributed by atoms with Crippen LogP contribution in [0.15, 0.2) is 54.6 Å². The van der Waals surface area contributed by atoms with Crippen molar-refractivity contribution in [3.05, 3.63) is 66.2 Å². The molecule has 17 heavy (non-hydrogen) atoms. The van der Waals surface area contributed by atoms with E-state index < -0.39 is 0 Å². The van der Waals surface area contributed by atoms with Crippen molar-refractivity contribution in [2.24, 2.45) is 0 Å². The Morgan fingerprint density at radius 2 is 1.76 bits per heavy atom. The Hall–Kier alpha value is -1.60. The second kappa shape index (κ2) is 7.64. The van der Waals surface area contributed by atoms with Gasteiger partial charge in [0.05, 0.1) is 0 Å². The van der Waals surface area contributed by atoms with Crippen molar-refractivity contribution < 1.29 is 23.6 Å². The van der Waals surface area contributed by atoms with E-state index in [9.17, 15) is 0 Å². The molecule has 0 saturated heterocycles. The van der Waals surface area contributed by atoms with Crippen LogP contribution in [0, 0.1) is 17.9 Å². The number of hydrogen-bond donors (Lipinski definition) is 0. The molecule has 0 saturated carbocycles. The van der Waals surface area contributed by atoms with Crippen molar-refractivity contribution in [2.45, 2.75) is 0 Å². The molecule has 2 aromatic carbocycles. The molecule has 0 aliphatic heterocycles. The zero-order valence-corrected chi connectivity index (χ0v) is 9.81. The van der Waals surface area contributed by atoms with Gasteiger partial charge in [0.1, 0.15) is 6.61 Å². The molecule has 0 aliphatic rings. The van der Waals surface area contributed by atoms with E-state index in [1.807, 2.05) is 54.6 Å². The minimum Gasteiger partial charge on any atom is -0.507 e. The topological polar surface area (TPSA) is 9.23 Å². The third kappa shape index (κ3) is 4.83. The Kier molecular flexibility index (Phi) is 6.05. The summed E-state index contributed by atoms with van der Waals surface area (Å²) in [6.45, 7) is 0.384. The second-order valence-corrected chi connectivity index (χ2v) is 3.18. The van der Waals surface area contributed by atoms with Gasteiger partial charge in [0, 0.05) is 11.3 Å². The molecule has 0 unspecified atom stereocenters. The third-order valence-corrected chi connectivity index (χ3v) is 1.99. The van der Waals surface area contributed by atoms with Crippen LogP contribution in [0.5, 0.6) is 5.75 Å². The van der Waals surface area contributed by atoms with Gasteiger partial charge >= 0.3 is 18.9 Å². The molecule has 0 fully saturated rings. The van der Waals surface area contributed by atoms with Gasteiger partial charge in [-0.2, -0.15) is 18.2 Å². The summed E-state index contributed by atoms with van der Waals surface area (Å²) in [5.41, 5.74) is 1.00. The molecule has 78 valence electrons. The Morgan fingerprint density at radius 3 is 2.47 bits per heavy atom. The van der Waals surface area contributed by atoms with Crippen molar-refractivity contribution in [2.75, 3.05) is 6.61 Å². The molecule has 0 spiro atoms. The summed E-state index contributed by atoms with van der Waals surface area (Å²) in [4.78, 5) is 0.